The third-order valence-corrected chi connectivity index (χ3v) is 8.84. The summed E-state index contributed by atoms with van der Waals surface area (Å²) in [5.41, 5.74) is 3.35. The summed E-state index contributed by atoms with van der Waals surface area (Å²) in [6.45, 7) is 2.33. The minimum Gasteiger partial charge on any atom is -0.507 e. The average molecular weight is 565 g/mol. The van der Waals surface area contributed by atoms with E-state index in [1.54, 1.807) is 36.4 Å². The third-order valence-electron chi connectivity index (χ3n) is 8.84. The molecule has 5 rings (SSSR count). The highest BCUT2D eigenvalue weighted by Gasteiger charge is 2.73. The van der Waals surface area contributed by atoms with Gasteiger partial charge in [0.25, 0.3) is 0 Å². The number of nitrogens with zero attached hydrogens (tertiary/aromatic N) is 1. The molecule has 2 saturated carbocycles. The summed E-state index contributed by atoms with van der Waals surface area (Å²) in [7, 11) is 2.91. The number of nitrogens with two attached hydrogens (primary N) is 1. The molecule has 0 aliphatic heterocycles. The van der Waals surface area contributed by atoms with Gasteiger partial charge in [-0.25, -0.2) is 0 Å². The molecule has 1 amide bonds. The Balaban J connectivity index is 1.69. The van der Waals surface area contributed by atoms with Crippen molar-refractivity contribution in [3.8, 4) is 11.5 Å². The van der Waals surface area contributed by atoms with Gasteiger partial charge in [0.15, 0.2) is 34.7 Å². The zero-order valence-corrected chi connectivity index (χ0v) is 22.8. The molecule has 8 atom stereocenters. The fourth-order valence-electron chi connectivity index (χ4n) is 7.15. The van der Waals surface area contributed by atoms with Crippen LogP contribution in [0.3, 0.4) is 0 Å². The molecule has 11 nitrogen and oxygen atoms in total. The van der Waals surface area contributed by atoms with Crippen molar-refractivity contribution in [2.75, 3.05) is 20.7 Å². The monoisotopic (exact) mass is 564 g/mol. The molecular weight excluding hydrogens is 532 g/mol. The Hall–Kier alpha value is -3.93. The van der Waals surface area contributed by atoms with Crippen molar-refractivity contribution in [1.82, 2.24) is 4.90 Å². The van der Waals surface area contributed by atoms with Crippen LogP contribution in [0.2, 0.25) is 0 Å². The molecule has 0 radical (unpaired) electrons. The van der Waals surface area contributed by atoms with Gasteiger partial charge < -0.3 is 25.8 Å². The van der Waals surface area contributed by atoms with E-state index < -0.39 is 76.4 Å². The Morgan fingerprint density at radius 3 is 2.29 bits per heavy atom. The van der Waals surface area contributed by atoms with Gasteiger partial charge in [0.05, 0.1) is 36.2 Å². The van der Waals surface area contributed by atoms with E-state index in [1.165, 1.54) is 25.1 Å². The molecule has 8 unspecified atom stereocenters. The molecule has 0 saturated heterocycles. The maximum Gasteiger partial charge on any atom is 0.235 e. The fourth-order valence-corrected chi connectivity index (χ4v) is 7.15. The Labute approximate surface area is 235 Å². The van der Waals surface area contributed by atoms with Crippen LogP contribution in [0.15, 0.2) is 42.5 Å². The smallest absolute Gasteiger partial charge is 0.235 e. The number of fused-ring (bicyclic) bond motifs is 3. The number of amides is 1. The van der Waals surface area contributed by atoms with Crippen LogP contribution in [0.5, 0.6) is 11.5 Å². The number of rotatable bonds is 6. The summed E-state index contributed by atoms with van der Waals surface area (Å²) in [5.74, 6) is -13.0. The second kappa shape index (κ2) is 10.2. The van der Waals surface area contributed by atoms with Crippen molar-refractivity contribution in [1.29, 1.82) is 0 Å². The second-order valence-corrected chi connectivity index (χ2v) is 11.2. The first-order chi connectivity index (χ1) is 19.4. The van der Waals surface area contributed by atoms with E-state index in [2.05, 4.69) is 0 Å². The summed E-state index contributed by atoms with van der Waals surface area (Å²) < 4.78 is 5.51. The lowest BCUT2D eigenvalue weighted by molar-refractivity contribution is -0.197. The first kappa shape index (κ1) is 28.6. The molecule has 41 heavy (non-hydrogen) atoms. The Morgan fingerprint density at radius 1 is 1.05 bits per heavy atom. The average Bonchev–Trinajstić information content (AvgIpc) is 2.91. The van der Waals surface area contributed by atoms with Crippen LogP contribution >= 0.6 is 0 Å². The Kier molecular flexibility index (Phi) is 7.09. The van der Waals surface area contributed by atoms with E-state index in [9.17, 15) is 39.3 Å². The summed E-state index contributed by atoms with van der Waals surface area (Å²) in [4.78, 5) is 68.5. The predicted octanol–water partition coefficient (Wildman–Crippen LogP) is 0.0203. The second-order valence-electron chi connectivity index (χ2n) is 11.2. The zero-order chi connectivity index (χ0) is 30.0. The van der Waals surface area contributed by atoms with Crippen LogP contribution < -0.4 is 10.5 Å². The third kappa shape index (κ3) is 4.10. The minimum absolute atomic E-state index is 0.137. The van der Waals surface area contributed by atoms with Gasteiger partial charge in [-0.2, -0.15) is 0 Å². The maximum absolute atomic E-state index is 14.2. The molecule has 0 heterocycles. The number of carbonyl (C=O) groups is 5. The number of hydrogen-bond acceptors (Lipinski definition) is 10. The number of aliphatic hydroxyl groups is 2. The molecule has 216 valence electrons. The number of phenolic OH excluding ortho intramolecular Hbond substituents is 1. The summed E-state index contributed by atoms with van der Waals surface area (Å²) in [6.07, 6.45) is -1.49. The number of carbonyl (C=O) groups excluding carboxylic acids is 5. The minimum atomic E-state index is -3.04. The molecule has 0 spiro atoms. The van der Waals surface area contributed by atoms with Gasteiger partial charge in [-0.05, 0) is 62.7 Å². The lowest BCUT2D eigenvalue weighted by Crippen LogP contribution is -2.77. The first-order valence-corrected chi connectivity index (χ1v) is 13.4. The van der Waals surface area contributed by atoms with Crippen molar-refractivity contribution in [2.45, 2.75) is 37.0 Å². The van der Waals surface area contributed by atoms with Crippen LogP contribution in [-0.4, -0.2) is 87.7 Å². The van der Waals surface area contributed by atoms with E-state index in [0.29, 0.717) is 17.9 Å². The van der Waals surface area contributed by atoms with E-state index in [4.69, 9.17) is 10.5 Å². The number of ether oxygens (including phenoxy) is 1. The van der Waals surface area contributed by atoms with Crippen molar-refractivity contribution in [3.05, 3.63) is 59.2 Å². The lowest BCUT2D eigenvalue weighted by Gasteiger charge is -2.56. The van der Waals surface area contributed by atoms with Crippen molar-refractivity contribution < 1.29 is 44.0 Å². The number of ketones is 4. The Morgan fingerprint density at radius 2 is 1.71 bits per heavy atom. The van der Waals surface area contributed by atoms with E-state index in [1.807, 2.05) is 6.92 Å². The number of Topliss-reactive ketones (excluding diaryl/α,β-unsaturated/α-hetero) is 4. The van der Waals surface area contributed by atoms with Gasteiger partial charge in [0.2, 0.25) is 5.91 Å². The standard InChI is InChI=1S/C30H32N2O9/c1-4-41-14-10-8-13(9-11-14)12-16-15-6-5-7-17(33)18(15)24(34)20-19(16)25(35)22-23(32(2)3)26(36)21(29(31)39)28(38)30(22,40)27(20)37/h5-11,16,19-23,25,33,35,40H,4,12H2,1-3H3,(H2,31,39). The predicted molar refractivity (Wildman–Crippen MR) is 143 cm³/mol. The SMILES string of the molecule is CCOc1ccc(CC2c3cccc(O)c3C(=O)C3C(=O)C4(O)C(=O)C(C(N)=O)C(=O)C(N(C)C)C4C(O)C32)cc1. The first-order valence-electron chi connectivity index (χ1n) is 13.4. The highest BCUT2D eigenvalue weighted by molar-refractivity contribution is 6.32. The number of primary amides is 1. The van der Waals surface area contributed by atoms with Gasteiger partial charge >= 0.3 is 0 Å². The summed E-state index contributed by atoms with van der Waals surface area (Å²) in [5, 5.41) is 34.5. The highest BCUT2D eigenvalue weighted by atomic mass is 16.5. The van der Waals surface area contributed by atoms with Crippen LogP contribution in [-0.2, 0) is 25.6 Å². The molecule has 3 aliphatic carbocycles. The molecule has 3 aliphatic rings. The molecule has 2 fully saturated rings. The lowest BCUT2D eigenvalue weighted by atomic mass is 9.49. The number of hydrogen-bond donors (Lipinski definition) is 4. The zero-order valence-electron chi connectivity index (χ0n) is 22.8. The number of aromatic hydroxyl groups is 1. The van der Waals surface area contributed by atoms with Crippen LogP contribution in [0.4, 0.5) is 0 Å². The molecular formula is C30H32N2O9. The topological polar surface area (TPSA) is 185 Å². The number of benzene rings is 2. The summed E-state index contributed by atoms with van der Waals surface area (Å²) in [6, 6.07) is 10.2. The van der Waals surface area contributed by atoms with E-state index in [-0.39, 0.29) is 17.7 Å². The van der Waals surface area contributed by atoms with Crippen molar-refractivity contribution in [2.24, 2.45) is 29.4 Å². The maximum atomic E-state index is 14.2. The molecule has 2 aromatic rings. The molecule has 5 N–H and O–H groups in total. The Bertz CT molecular complexity index is 1450. The van der Waals surface area contributed by atoms with E-state index in [0.717, 1.165) is 5.56 Å². The van der Waals surface area contributed by atoms with Crippen LogP contribution in [0, 0.1) is 23.7 Å². The quantitative estimate of drug-likeness (QED) is 0.349. The van der Waals surface area contributed by atoms with Crippen molar-refractivity contribution >= 4 is 29.0 Å². The molecule has 0 aromatic heterocycles. The van der Waals surface area contributed by atoms with Crippen molar-refractivity contribution in [3.63, 3.8) is 0 Å². The van der Waals surface area contributed by atoms with Gasteiger partial charge in [0.1, 0.15) is 11.5 Å². The number of likely N-dealkylation sites (N-methyl/N-ethyl adjacent to an activating group) is 1. The van der Waals surface area contributed by atoms with E-state index >= 15 is 0 Å². The highest BCUT2D eigenvalue weighted by Crippen LogP contribution is 2.55. The number of phenols is 1. The number of aliphatic hydroxyl groups excluding tert-OH is 1. The normalized spacial score (nSPS) is 32.8. The fraction of sp³-hybridized carbons (Fsp3) is 0.433. The largest absolute Gasteiger partial charge is 0.507 e. The molecule has 0 bridgehead atoms. The van der Waals surface area contributed by atoms with Crippen LogP contribution in [0.1, 0.15) is 34.3 Å². The van der Waals surface area contributed by atoms with Gasteiger partial charge in [0, 0.05) is 5.92 Å². The van der Waals surface area contributed by atoms with Gasteiger partial charge in [-0.3, -0.25) is 28.9 Å². The van der Waals surface area contributed by atoms with Gasteiger partial charge in [-0.1, -0.05) is 24.3 Å². The molecule has 2 aromatic carbocycles. The van der Waals surface area contributed by atoms with Gasteiger partial charge in [-0.15, -0.1) is 0 Å². The molecule has 11 heteroatoms. The van der Waals surface area contributed by atoms with Crippen LogP contribution in [0.25, 0.3) is 0 Å². The summed E-state index contributed by atoms with van der Waals surface area (Å²) >= 11 is 0.